The lowest BCUT2D eigenvalue weighted by atomic mass is 10.0. The predicted molar refractivity (Wildman–Crippen MR) is 220 cm³/mol. The number of nitrogens with zero attached hydrogens (tertiary/aromatic N) is 6. The zero-order valence-corrected chi connectivity index (χ0v) is 33.0. The molecule has 4 fully saturated rings. The zero-order valence-electron chi connectivity index (χ0n) is 33.0. The van der Waals surface area contributed by atoms with E-state index in [1.165, 1.54) is 20.6 Å². The molecule has 10 rings (SSSR count). The highest BCUT2D eigenvalue weighted by Crippen LogP contribution is 2.55. The van der Waals surface area contributed by atoms with Crippen molar-refractivity contribution in [2.45, 2.75) is 61.9 Å². The Morgan fingerprint density at radius 3 is 2.08 bits per heavy atom. The van der Waals surface area contributed by atoms with Crippen LogP contribution in [0.1, 0.15) is 72.6 Å². The summed E-state index contributed by atoms with van der Waals surface area (Å²) in [6.45, 7) is 0. The Labute approximate surface area is 345 Å². The molecule has 3 aromatic carbocycles. The molecular weight excluding hydrogens is 763 g/mol. The maximum absolute atomic E-state index is 14.2. The molecule has 2 aliphatic heterocycles. The van der Waals surface area contributed by atoms with Gasteiger partial charge in [0.25, 0.3) is 11.8 Å². The third kappa shape index (κ3) is 6.93. The molecule has 304 valence electrons. The van der Waals surface area contributed by atoms with Gasteiger partial charge in [-0.2, -0.15) is 4.89 Å². The number of benzene rings is 3. The molecule has 60 heavy (non-hydrogen) atoms. The molecule has 3 aromatic heterocycles. The standard InChI is InChI=1S/C45H43N9O6/c1-58-45(57)51-39(28-11-7-4-8-12-28)44(56)53-34-18-29(34)20-36(53)41-47-23-33(50-41)26-15-13-25(14-16-26)31-17-32-40(46-22-31)52-42(49-32)37-21-30-19-35(30)54(37)43(55)38(48-24-60-59-2)27-9-5-3-6-10-27/h3-17,22-24,29-30,34-39H,18-21H2,1-2H3,(H,47,50)(H,51,57)(H,46,49,52)/b48-24-/t29-,30-,34-,35-,36+,37+,38-,39-/m1/s1. The molecule has 15 nitrogen and oxygen atoms in total. The van der Waals surface area contributed by atoms with E-state index >= 15 is 0 Å². The highest BCUT2D eigenvalue weighted by Gasteiger charge is 2.57. The van der Waals surface area contributed by atoms with E-state index in [0.29, 0.717) is 40.2 Å². The number of rotatable bonds is 12. The van der Waals surface area contributed by atoms with Gasteiger partial charge in [0.1, 0.15) is 23.2 Å². The van der Waals surface area contributed by atoms with E-state index in [1.807, 2.05) is 107 Å². The van der Waals surface area contributed by atoms with Crippen molar-refractivity contribution in [3.05, 3.63) is 126 Å². The Balaban J connectivity index is 0.857. The van der Waals surface area contributed by atoms with Gasteiger partial charge in [0.15, 0.2) is 11.7 Å². The molecule has 4 aliphatic rings. The van der Waals surface area contributed by atoms with E-state index in [-0.39, 0.29) is 36.0 Å². The van der Waals surface area contributed by atoms with Gasteiger partial charge in [0.2, 0.25) is 6.40 Å². The molecular formula is C45H43N9O6. The van der Waals surface area contributed by atoms with Crippen LogP contribution in [0.25, 0.3) is 33.5 Å². The number of nitrogens with one attached hydrogen (secondary N) is 3. The molecule has 0 bridgehead atoms. The number of aromatic nitrogens is 5. The average molecular weight is 806 g/mol. The highest BCUT2D eigenvalue weighted by atomic mass is 17.2. The third-order valence-corrected chi connectivity index (χ3v) is 12.4. The van der Waals surface area contributed by atoms with Crippen LogP contribution < -0.4 is 5.32 Å². The number of likely N-dealkylation sites (tertiary alicyclic amines) is 2. The smallest absolute Gasteiger partial charge is 0.407 e. The van der Waals surface area contributed by atoms with Crippen LogP contribution in [0.15, 0.2) is 108 Å². The van der Waals surface area contributed by atoms with Crippen LogP contribution in [0.3, 0.4) is 0 Å². The molecule has 15 heteroatoms. The molecule has 3 N–H and O–H groups in total. The second-order valence-electron chi connectivity index (χ2n) is 15.9. The molecule has 0 radical (unpaired) electrons. The van der Waals surface area contributed by atoms with E-state index < -0.39 is 18.2 Å². The van der Waals surface area contributed by atoms with Gasteiger partial charge in [-0.05, 0) is 65.8 Å². The molecule has 3 amide bonds. The number of carbonyl (C=O) groups excluding carboxylic acids is 3. The minimum Gasteiger partial charge on any atom is -0.453 e. The SMILES string of the molecule is COO/C=N\[C@@H](C(=O)N1[C@@H]2C[C@@H]2C[C@H]1c1nc2cc(-c3ccc(-c4cnc([C@@H]5C[C@H]6C[C@H]6N5C(=O)[C@H](NC(=O)OC)c5ccccc5)[nH]4)cc3)cnc2[nH]1)c1ccccc1. The Morgan fingerprint density at radius 1 is 0.750 bits per heavy atom. The summed E-state index contributed by atoms with van der Waals surface area (Å²) in [5, 5.41) is 2.75. The van der Waals surface area contributed by atoms with Crippen molar-refractivity contribution in [2.75, 3.05) is 14.2 Å². The first-order chi connectivity index (χ1) is 29.4. The van der Waals surface area contributed by atoms with Gasteiger partial charge in [0, 0.05) is 23.8 Å². The number of methoxy groups -OCH3 is 1. The Bertz CT molecular complexity index is 2580. The average Bonchev–Trinajstić information content (AvgIpc) is 3.91. The van der Waals surface area contributed by atoms with Crippen LogP contribution in [-0.2, 0) is 24.1 Å². The number of fused-ring (bicyclic) bond motifs is 3. The van der Waals surface area contributed by atoms with Crippen molar-refractivity contribution < 1.29 is 28.9 Å². The molecule has 2 aliphatic carbocycles. The number of amides is 3. The number of hydrogen-bond donors (Lipinski definition) is 3. The summed E-state index contributed by atoms with van der Waals surface area (Å²) in [5.41, 5.74) is 6.48. The predicted octanol–water partition coefficient (Wildman–Crippen LogP) is 6.78. The van der Waals surface area contributed by atoms with Crippen molar-refractivity contribution in [1.29, 1.82) is 0 Å². The number of H-pyrrole nitrogens is 2. The fourth-order valence-electron chi connectivity index (χ4n) is 9.22. The van der Waals surface area contributed by atoms with Crippen molar-refractivity contribution in [1.82, 2.24) is 40.0 Å². The molecule has 2 saturated carbocycles. The third-order valence-electron chi connectivity index (χ3n) is 12.4. The van der Waals surface area contributed by atoms with Crippen LogP contribution in [0, 0.1) is 11.8 Å². The first-order valence-corrected chi connectivity index (χ1v) is 20.2. The van der Waals surface area contributed by atoms with E-state index in [2.05, 4.69) is 20.3 Å². The first-order valence-electron chi connectivity index (χ1n) is 20.2. The minimum absolute atomic E-state index is 0.108. The quantitative estimate of drug-likeness (QED) is 0.0520. The van der Waals surface area contributed by atoms with Gasteiger partial charge >= 0.3 is 6.09 Å². The second-order valence-corrected chi connectivity index (χ2v) is 15.9. The Kier molecular flexibility index (Phi) is 9.59. The number of hydrogen-bond acceptors (Lipinski definition) is 10. The topological polar surface area (TPSA) is 180 Å². The minimum atomic E-state index is -0.878. The molecule has 6 aromatic rings. The van der Waals surface area contributed by atoms with E-state index in [0.717, 1.165) is 53.6 Å². The van der Waals surface area contributed by atoms with Crippen LogP contribution in [0.4, 0.5) is 4.79 Å². The second kappa shape index (κ2) is 15.4. The lowest BCUT2D eigenvalue weighted by Gasteiger charge is -2.30. The maximum atomic E-state index is 14.2. The molecule has 2 saturated heterocycles. The van der Waals surface area contributed by atoms with E-state index in [1.54, 1.807) is 6.20 Å². The number of carbonyl (C=O) groups is 3. The number of aliphatic imine (C=N–C) groups is 1. The van der Waals surface area contributed by atoms with Crippen LogP contribution in [-0.4, -0.2) is 85.3 Å². The zero-order chi connectivity index (χ0) is 40.9. The highest BCUT2D eigenvalue weighted by molar-refractivity contribution is 5.88. The van der Waals surface area contributed by atoms with Gasteiger partial charge in [-0.15, -0.1) is 0 Å². The number of pyridine rings is 1. The Hall–Kier alpha value is -6.87. The number of ether oxygens (including phenoxy) is 1. The number of alkyl carbamates (subject to hydrolysis) is 1. The summed E-state index contributed by atoms with van der Waals surface area (Å²) in [7, 11) is 2.68. The number of aromatic amines is 2. The first kappa shape index (κ1) is 37.4. The Morgan fingerprint density at radius 2 is 1.40 bits per heavy atom. The van der Waals surface area contributed by atoms with Gasteiger partial charge in [0.05, 0.1) is 38.2 Å². The summed E-state index contributed by atoms with van der Waals surface area (Å²) >= 11 is 0. The number of imidazole rings is 2. The fourth-order valence-corrected chi connectivity index (χ4v) is 9.22. The van der Waals surface area contributed by atoms with Crippen LogP contribution in [0.5, 0.6) is 0 Å². The summed E-state index contributed by atoms with van der Waals surface area (Å²) in [6, 6.07) is 27.0. The monoisotopic (exact) mass is 805 g/mol. The molecule has 0 spiro atoms. The summed E-state index contributed by atoms with van der Waals surface area (Å²) in [5.74, 6) is 1.95. The summed E-state index contributed by atoms with van der Waals surface area (Å²) < 4.78 is 4.87. The number of piperidine rings is 2. The van der Waals surface area contributed by atoms with Crippen LogP contribution >= 0.6 is 0 Å². The van der Waals surface area contributed by atoms with Crippen molar-refractivity contribution in [2.24, 2.45) is 16.8 Å². The lowest BCUT2D eigenvalue weighted by molar-refractivity contribution is -0.188. The van der Waals surface area contributed by atoms with Gasteiger partial charge in [-0.25, -0.2) is 24.7 Å². The van der Waals surface area contributed by atoms with Gasteiger partial charge in [-0.1, -0.05) is 84.9 Å². The lowest BCUT2D eigenvalue weighted by Crippen LogP contribution is -2.44. The normalized spacial score (nSPS) is 23.6. The van der Waals surface area contributed by atoms with E-state index in [9.17, 15) is 14.4 Å². The van der Waals surface area contributed by atoms with E-state index in [4.69, 9.17) is 29.5 Å². The summed E-state index contributed by atoms with van der Waals surface area (Å²) in [4.78, 5) is 80.0. The van der Waals surface area contributed by atoms with Gasteiger partial charge in [-0.3, -0.25) is 9.59 Å². The van der Waals surface area contributed by atoms with Crippen molar-refractivity contribution in [3.63, 3.8) is 0 Å². The largest absolute Gasteiger partial charge is 0.453 e. The van der Waals surface area contributed by atoms with Crippen molar-refractivity contribution >= 4 is 35.5 Å². The molecule has 5 heterocycles. The van der Waals surface area contributed by atoms with Crippen molar-refractivity contribution in [3.8, 4) is 22.4 Å². The fraction of sp³-hybridized carbons (Fsp3) is 0.311. The maximum Gasteiger partial charge on any atom is 0.407 e. The molecule has 0 unspecified atom stereocenters. The molecule has 8 atom stereocenters. The van der Waals surface area contributed by atoms with Gasteiger partial charge < -0.3 is 34.7 Å². The summed E-state index contributed by atoms with van der Waals surface area (Å²) in [6.07, 6.45) is 7.66. The van der Waals surface area contributed by atoms with Crippen LogP contribution in [0.2, 0.25) is 0 Å².